The van der Waals surface area contributed by atoms with E-state index in [9.17, 15) is 9.59 Å². The summed E-state index contributed by atoms with van der Waals surface area (Å²) < 4.78 is 6.52. The van der Waals surface area contributed by atoms with Crippen molar-refractivity contribution in [3.8, 4) is 11.4 Å². The number of benzene rings is 1. The Hall–Kier alpha value is -3.18. The van der Waals surface area contributed by atoms with Crippen LogP contribution in [0.1, 0.15) is 45.7 Å². The molecule has 0 aliphatic heterocycles. The van der Waals surface area contributed by atoms with Crippen molar-refractivity contribution in [2.75, 3.05) is 12.4 Å². The third-order valence-corrected chi connectivity index (χ3v) is 7.15. The molecule has 3 aromatic heterocycles. The van der Waals surface area contributed by atoms with Gasteiger partial charge in [0.2, 0.25) is 5.16 Å². The van der Waals surface area contributed by atoms with Gasteiger partial charge < -0.3 is 15.6 Å². The maximum absolute atomic E-state index is 12.7. The Bertz CT molecular complexity index is 1360. The van der Waals surface area contributed by atoms with Crippen LogP contribution in [0.2, 0.25) is 0 Å². The summed E-state index contributed by atoms with van der Waals surface area (Å²) >= 11 is 2.49. The molecule has 1 atom stereocenters. The largest absolute Gasteiger partial charge is 0.462 e. The highest BCUT2D eigenvalue weighted by Gasteiger charge is 2.23. The fraction of sp³-hybridized carbons (Fsp3) is 0.286. The Labute approximate surface area is 192 Å². The molecule has 166 valence electrons. The number of ether oxygens (including phenoxy) is 1. The highest BCUT2D eigenvalue weighted by molar-refractivity contribution is 7.99. The molecule has 0 aliphatic carbocycles. The number of thioether (sulfide) groups is 1. The quantitative estimate of drug-likeness (QED) is 0.248. The first-order valence-corrected chi connectivity index (χ1v) is 11.6. The number of esters is 1. The Morgan fingerprint density at radius 3 is 2.69 bits per heavy atom. The van der Waals surface area contributed by atoms with Gasteiger partial charge in [0.1, 0.15) is 15.5 Å². The summed E-state index contributed by atoms with van der Waals surface area (Å²) in [5.74, 6) is 6.79. The summed E-state index contributed by atoms with van der Waals surface area (Å²) in [6.07, 6.45) is 0. The number of nitrogens with two attached hydrogens (primary N) is 1. The molecule has 0 spiro atoms. The number of aryl methyl sites for hydroxylation is 2. The minimum atomic E-state index is -0.448. The van der Waals surface area contributed by atoms with Gasteiger partial charge in [0, 0.05) is 5.56 Å². The van der Waals surface area contributed by atoms with Crippen molar-refractivity contribution in [3.63, 3.8) is 0 Å². The second kappa shape index (κ2) is 8.75. The SMILES string of the molecule is CCOC(=O)c1sc2nc(C(C)Sc3nnc(-c4ccc(C)cc4)n3N)[nH]c(=O)c2c1C. The van der Waals surface area contributed by atoms with Crippen molar-refractivity contribution < 1.29 is 9.53 Å². The molecule has 4 rings (SSSR count). The van der Waals surface area contributed by atoms with E-state index in [4.69, 9.17) is 10.6 Å². The number of hydrogen-bond acceptors (Lipinski definition) is 9. The molecule has 0 saturated heterocycles. The Balaban J connectivity index is 1.63. The van der Waals surface area contributed by atoms with Gasteiger partial charge in [-0.05, 0) is 33.3 Å². The van der Waals surface area contributed by atoms with E-state index >= 15 is 0 Å². The molecule has 11 heteroatoms. The maximum atomic E-state index is 12.7. The smallest absolute Gasteiger partial charge is 0.348 e. The standard InChI is InChI=1S/C21H22N6O3S2/c1-5-30-20(29)15-11(3)14-18(28)23-16(24-19(14)32-15)12(4)31-21-26-25-17(27(21)22)13-8-6-10(2)7-9-13/h6-9,12H,5,22H2,1-4H3,(H,23,24,28). The number of aromatic amines is 1. The molecule has 0 fully saturated rings. The molecule has 32 heavy (non-hydrogen) atoms. The van der Waals surface area contributed by atoms with Crippen molar-refractivity contribution in [1.82, 2.24) is 24.8 Å². The molecule has 0 saturated carbocycles. The minimum absolute atomic E-state index is 0.263. The zero-order valence-corrected chi connectivity index (χ0v) is 19.6. The molecule has 1 aromatic carbocycles. The first kappa shape index (κ1) is 22.0. The predicted octanol–water partition coefficient (Wildman–Crippen LogP) is 3.60. The van der Waals surface area contributed by atoms with E-state index in [2.05, 4.69) is 20.2 Å². The van der Waals surface area contributed by atoms with Crippen LogP contribution in [-0.4, -0.2) is 37.4 Å². The molecule has 1 unspecified atom stereocenters. The highest BCUT2D eigenvalue weighted by Crippen LogP contribution is 2.34. The molecule has 0 radical (unpaired) electrons. The average molecular weight is 471 g/mol. The number of nitrogen functional groups attached to an aromatic ring is 1. The highest BCUT2D eigenvalue weighted by atomic mass is 32.2. The minimum Gasteiger partial charge on any atom is -0.462 e. The van der Waals surface area contributed by atoms with Crippen LogP contribution in [0.15, 0.2) is 34.2 Å². The van der Waals surface area contributed by atoms with Gasteiger partial charge in [0.15, 0.2) is 5.82 Å². The number of aromatic nitrogens is 5. The normalized spacial score (nSPS) is 12.2. The van der Waals surface area contributed by atoms with Crippen molar-refractivity contribution in [3.05, 3.63) is 56.4 Å². The second-order valence-corrected chi connectivity index (χ2v) is 9.52. The monoisotopic (exact) mass is 470 g/mol. The molecule has 4 aromatic rings. The zero-order valence-electron chi connectivity index (χ0n) is 18.0. The number of thiophene rings is 1. The van der Waals surface area contributed by atoms with Crippen LogP contribution in [0.25, 0.3) is 21.6 Å². The van der Waals surface area contributed by atoms with Crippen LogP contribution >= 0.6 is 23.1 Å². The van der Waals surface area contributed by atoms with Crippen molar-refractivity contribution in [2.45, 2.75) is 38.1 Å². The lowest BCUT2D eigenvalue weighted by molar-refractivity contribution is 0.0531. The van der Waals surface area contributed by atoms with Gasteiger partial charge in [-0.1, -0.05) is 41.6 Å². The first-order valence-electron chi connectivity index (χ1n) is 9.94. The van der Waals surface area contributed by atoms with E-state index in [0.29, 0.717) is 37.5 Å². The van der Waals surface area contributed by atoms with Gasteiger partial charge in [0.25, 0.3) is 5.56 Å². The molecular weight excluding hydrogens is 448 g/mol. The second-order valence-electron chi connectivity index (χ2n) is 7.21. The lowest BCUT2D eigenvalue weighted by Gasteiger charge is -2.10. The maximum Gasteiger partial charge on any atom is 0.348 e. The predicted molar refractivity (Wildman–Crippen MR) is 126 cm³/mol. The topological polar surface area (TPSA) is 129 Å². The zero-order chi connectivity index (χ0) is 23.0. The van der Waals surface area contributed by atoms with Crippen LogP contribution in [-0.2, 0) is 4.74 Å². The average Bonchev–Trinajstić information content (AvgIpc) is 3.29. The van der Waals surface area contributed by atoms with Crippen molar-refractivity contribution >= 4 is 39.3 Å². The van der Waals surface area contributed by atoms with Crippen LogP contribution in [0.5, 0.6) is 0 Å². The van der Waals surface area contributed by atoms with E-state index in [1.54, 1.807) is 13.8 Å². The summed E-state index contributed by atoms with van der Waals surface area (Å²) in [6.45, 7) is 7.63. The van der Waals surface area contributed by atoms with E-state index in [1.807, 2.05) is 38.1 Å². The summed E-state index contributed by atoms with van der Waals surface area (Å²) in [5, 5.41) is 9.04. The summed E-state index contributed by atoms with van der Waals surface area (Å²) in [4.78, 5) is 33.2. The molecule has 0 aliphatic rings. The van der Waals surface area contributed by atoms with Gasteiger partial charge in [-0.15, -0.1) is 21.5 Å². The van der Waals surface area contributed by atoms with Crippen molar-refractivity contribution in [2.24, 2.45) is 0 Å². The number of nitrogens with one attached hydrogen (secondary N) is 1. The third kappa shape index (κ3) is 4.00. The van der Waals surface area contributed by atoms with E-state index in [0.717, 1.165) is 22.5 Å². The van der Waals surface area contributed by atoms with Crippen LogP contribution in [0.4, 0.5) is 0 Å². The van der Waals surface area contributed by atoms with Crippen LogP contribution in [0, 0.1) is 13.8 Å². The summed E-state index contributed by atoms with van der Waals surface area (Å²) in [6, 6.07) is 7.84. The van der Waals surface area contributed by atoms with Gasteiger partial charge >= 0.3 is 5.97 Å². The Morgan fingerprint density at radius 1 is 1.28 bits per heavy atom. The number of H-pyrrole nitrogens is 1. The lowest BCUT2D eigenvalue weighted by Crippen LogP contribution is -2.14. The third-order valence-electron chi connectivity index (χ3n) is 4.92. The Morgan fingerprint density at radius 2 is 2.00 bits per heavy atom. The number of carbonyl (C=O) groups excluding carboxylic acids is 1. The number of nitrogens with zero attached hydrogens (tertiary/aromatic N) is 4. The molecule has 9 nitrogen and oxygen atoms in total. The number of hydrogen-bond donors (Lipinski definition) is 2. The molecule has 3 N–H and O–H groups in total. The van der Waals surface area contributed by atoms with Gasteiger partial charge in [-0.3, -0.25) is 4.79 Å². The molecular formula is C21H22N6O3S2. The lowest BCUT2D eigenvalue weighted by atomic mass is 10.1. The van der Waals surface area contributed by atoms with Crippen LogP contribution < -0.4 is 11.4 Å². The van der Waals surface area contributed by atoms with E-state index < -0.39 is 5.97 Å². The molecule has 3 heterocycles. The van der Waals surface area contributed by atoms with E-state index in [1.165, 1.54) is 16.4 Å². The first-order chi connectivity index (χ1) is 15.3. The number of carbonyl (C=O) groups is 1. The fourth-order valence-corrected chi connectivity index (χ4v) is 5.13. The summed E-state index contributed by atoms with van der Waals surface area (Å²) in [7, 11) is 0. The fourth-order valence-electron chi connectivity index (χ4n) is 3.22. The number of rotatable bonds is 6. The summed E-state index contributed by atoms with van der Waals surface area (Å²) in [5.41, 5.74) is 2.28. The van der Waals surface area contributed by atoms with Crippen LogP contribution in [0.3, 0.4) is 0 Å². The van der Waals surface area contributed by atoms with E-state index in [-0.39, 0.29) is 17.4 Å². The molecule has 0 bridgehead atoms. The molecule has 0 amide bonds. The Kier molecular flexibility index (Phi) is 6.02. The van der Waals surface area contributed by atoms with Gasteiger partial charge in [-0.2, -0.15) is 0 Å². The van der Waals surface area contributed by atoms with Gasteiger partial charge in [0.05, 0.1) is 17.2 Å². The van der Waals surface area contributed by atoms with Crippen molar-refractivity contribution in [1.29, 1.82) is 0 Å². The number of fused-ring (bicyclic) bond motifs is 1. The van der Waals surface area contributed by atoms with Gasteiger partial charge in [-0.25, -0.2) is 14.5 Å².